The van der Waals surface area contributed by atoms with Crippen molar-refractivity contribution < 1.29 is 27.5 Å². The zero-order chi connectivity index (χ0) is 23.5. The summed E-state index contributed by atoms with van der Waals surface area (Å²) in [7, 11) is 0.594. The van der Waals surface area contributed by atoms with Gasteiger partial charge in [-0.3, -0.25) is 25.2 Å². The Morgan fingerprint density at radius 1 is 1.09 bits per heavy atom. The molecular formula is C21H24N4O6S. The van der Waals surface area contributed by atoms with E-state index in [9.17, 15) is 22.8 Å². The summed E-state index contributed by atoms with van der Waals surface area (Å²) in [4.78, 5) is 38.8. The predicted octanol–water partition coefficient (Wildman–Crippen LogP) is 0.760. The summed E-state index contributed by atoms with van der Waals surface area (Å²) < 4.78 is 30.7. The molecule has 0 aliphatic carbocycles. The molecule has 1 atom stereocenters. The standard InChI is InChI=1S/C21H24N4O6S/c1-24(2)32(29,30)18-9-4-6-14(10-18)20(27)22-23-21(28)15-11-19(26)25(13-15)16-7-5-8-17(12-16)31-3/h4-10,12,15H,11,13H2,1-3H3,(H,22,27)(H,23,28)/t15-/m0/s1. The van der Waals surface area contributed by atoms with E-state index in [1.54, 1.807) is 24.3 Å². The van der Waals surface area contributed by atoms with Gasteiger partial charge in [0.2, 0.25) is 21.8 Å². The fourth-order valence-electron chi connectivity index (χ4n) is 3.21. The molecule has 0 aromatic heterocycles. The van der Waals surface area contributed by atoms with Crippen LogP contribution in [0.5, 0.6) is 5.75 Å². The fourth-order valence-corrected chi connectivity index (χ4v) is 4.16. The SMILES string of the molecule is COc1cccc(N2C[C@@H](C(=O)NNC(=O)c3cccc(S(=O)(=O)N(C)C)c3)CC2=O)c1. The molecule has 2 aromatic rings. The number of hydrogen-bond donors (Lipinski definition) is 2. The van der Waals surface area contributed by atoms with Crippen LogP contribution >= 0.6 is 0 Å². The zero-order valence-corrected chi connectivity index (χ0v) is 18.7. The Balaban J connectivity index is 1.62. The van der Waals surface area contributed by atoms with Crippen molar-refractivity contribution in [2.24, 2.45) is 5.92 Å². The number of hydrogen-bond acceptors (Lipinski definition) is 6. The van der Waals surface area contributed by atoms with Gasteiger partial charge in [-0.2, -0.15) is 0 Å². The third-order valence-corrected chi connectivity index (χ3v) is 6.85. The van der Waals surface area contributed by atoms with Crippen LogP contribution in [-0.2, 0) is 19.6 Å². The maximum Gasteiger partial charge on any atom is 0.269 e. The molecule has 3 amide bonds. The largest absolute Gasteiger partial charge is 0.497 e. The first kappa shape index (κ1) is 23.2. The topological polar surface area (TPSA) is 125 Å². The number of sulfonamides is 1. The first-order valence-corrected chi connectivity index (χ1v) is 11.1. The number of amides is 3. The molecule has 2 aromatic carbocycles. The van der Waals surface area contributed by atoms with Crippen LogP contribution < -0.4 is 20.5 Å². The van der Waals surface area contributed by atoms with E-state index in [0.717, 1.165) is 4.31 Å². The van der Waals surface area contributed by atoms with Gasteiger partial charge in [0.15, 0.2) is 0 Å². The highest BCUT2D eigenvalue weighted by Crippen LogP contribution is 2.27. The van der Waals surface area contributed by atoms with Crippen molar-refractivity contribution in [3.8, 4) is 5.75 Å². The highest BCUT2D eigenvalue weighted by atomic mass is 32.2. The molecule has 1 heterocycles. The number of nitrogens with zero attached hydrogens (tertiary/aromatic N) is 2. The van der Waals surface area contributed by atoms with E-state index in [1.165, 1.54) is 50.4 Å². The van der Waals surface area contributed by atoms with Crippen molar-refractivity contribution >= 4 is 33.4 Å². The lowest BCUT2D eigenvalue weighted by Gasteiger charge is -2.17. The zero-order valence-electron chi connectivity index (χ0n) is 17.9. The van der Waals surface area contributed by atoms with Gasteiger partial charge in [-0.1, -0.05) is 12.1 Å². The number of benzene rings is 2. The fraction of sp³-hybridized carbons (Fsp3) is 0.286. The van der Waals surface area contributed by atoms with Crippen LogP contribution in [0.4, 0.5) is 5.69 Å². The highest BCUT2D eigenvalue weighted by Gasteiger charge is 2.35. The Kier molecular flexibility index (Phi) is 6.80. The number of anilines is 1. The molecule has 3 rings (SSSR count). The van der Waals surface area contributed by atoms with Gasteiger partial charge in [0.25, 0.3) is 5.91 Å². The second kappa shape index (κ2) is 9.37. The molecule has 1 aliphatic heterocycles. The number of carbonyl (C=O) groups excluding carboxylic acids is 3. The summed E-state index contributed by atoms with van der Waals surface area (Å²) in [5, 5.41) is 0. The molecular weight excluding hydrogens is 436 g/mol. The van der Waals surface area contributed by atoms with E-state index in [0.29, 0.717) is 11.4 Å². The van der Waals surface area contributed by atoms with Crippen LogP contribution in [0.3, 0.4) is 0 Å². The molecule has 0 saturated carbocycles. The van der Waals surface area contributed by atoms with Crippen molar-refractivity contribution in [1.82, 2.24) is 15.2 Å². The Bertz CT molecular complexity index is 1150. The van der Waals surface area contributed by atoms with Gasteiger partial charge in [-0.25, -0.2) is 12.7 Å². The number of carbonyl (C=O) groups is 3. The molecule has 0 bridgehead atoms. The monoisotopic (exact) mass is 460 g/mol. The molecule has 2 N–H and O–H groups in total. The van der Waals surface area contributed by atoms with Gasteiger partial charge in [0.05, 0.1) is 17.9 Å². The maximum absolute atomic E-state index is 12.5. The van der Waals surface area contributed by atoms with Crippen LogP contribution in [0.25, 0.3) is 0 Å². The van der Waals surface area contributed by atoms with Gasteiger partial charge in [0, 0.05) is 44.4 Å². The number of nitrogens with one attached hydrogen (secondary N) is 2. The Morgan fingerprint density at radius 2 is 1.81 bits per heavy atom. The molecule has 0 unspecified atom stereocenters. The lowest BCUT2D eigenvalue weighted by Crippen LogP contribution is -2.45. The second-order valence-corrected chi connectivity index (χ2v) is 9.52. The third-order valence-electron chi connectivity index (χ3n) is 5.03. The van der Waals surface area contributed by atoms with Crippen molar-refractivity contribution in [3.63, 3.8) is 0 Å². The predicted molar refractivity (Wildman–Crippen MR) is 116 cm³/mol. The molecule has 0 radical (unpaired) electrons. The summed E-state index contributed by atoms with van der Waals surface area (Å²) in [6.07, 6.45) is -0.00449. The van der Waals surface area contributed by atoms with Crippen LogP contribution in [0.2, 0.25) is 0 Å². The second-order valence-electron chi connectivity index (χ2n) is 7.37. The van der Waals surface area contributed by atoms with Crippen LogP contribution in [0.15, 0.2) is 53.4 Å². The summed E-state index contributed by atoms with van der Waals surface area (Å²) >= 11 is 0. The first-order chi connectivity index (χ1) is 15.1. The molecule has 32 heavy (non-hydrogen) atoms. The molecule has 11 heteroatoms. The first-order valence-electron chi connectivity index (χ1n) is 9.70. The van der Waals surface area contributed by atoms with Crippen molar-refractivity contribution in [3.05, 3.63) is 54.1 Å². The number of hydrazine groups is 1. The molecule has 10 nitrogen and oxygen atoms in total. The molecule has 1 fully saturated rings. The smallest absolute Gasteiger partial charge is 0.269 e. The minimum atomic E-state index is -3.71. The highest BCUT2D eigenvalue weighted by molar-refractivity contribution is 7.89. The van der Waals surface area contributed by atoms with Crippen molar-refractivity contribution in [2.75, 3.05) is 32.6 Å². The maximum atomic E-state index is 12.5. The lowest BCUT2D eigenvalue weighted by atomic mass is 10.1. The van der Waals surface area contributed by atoms with Crippen LogP contribution in [-0.4, -0.2) is 58.2 Å². The summed E-state index contributed by atoms with van der Waals surface area (Å²) in [6, 6.07) is 12.4. The van der Waals surface area contributed by atoms with Gasteiger partial charge in [-0.05, 0) is 30.3 Å². The van der Waals surface area contributed by atoms with Crippen LogP contribution in [0, 0.1) is 5.92 Å². The average molecular weight is 461 g/mol. The molecule has 1 aliphatic rings. The van der Waals surface area contributed by atoms with E-state index >= 15 is 0 Å². The van der Waals surface area contributed by atoms with Gasteiger partial charge >= 0.3 is 0 Å². The normalized spacial score (nSPS) is 16.2. The Hall–Kier alpha value is -3.44. The lowest BCUT2D eigenvalue weighted by molar-refractivity contribution is -0.126. The van der Waals surface area contributed by atoms with E-state index in [4.69, 9.17) is 4.74 Å². The Morgan fingerprint density at radius 3 is 2.50 bits per heavy atom. The van der Waals surface area contributed by atoms with Gasteiger partial charge in [-0.15, -0.1) is 0 Å². The van der Waals surface area contributed by atoms with E-state index in [2.05, 4.69) is 10.9 Å². The molecule has 1 saturated heterocycles. The van der Waals surface area contributed by atoms with Gasteiger partial charge < -0.3 is 9.64 Å². The summed E-state index contributed by atoms with van der Waals surface area (Å²) in [6.45, 7) is 0.157. The van der Waals surface area contributed by atoms with Crippen molar-refractivity contribution in [1.29, 1.82) is 0 Å². The number of methoxy groups -OCH3 is 1. The minimum absolute atomic E-state index is 0.00449. The molecule has 170 valence electrons. The van der Waals surface area contributed by atoms with E-state index in [-0.39, 0.29) is 29.3 Å². The number of ether oxygens (including phenoxy) is 1. The summed E-state index contributed by atoms with van der Waals surface area (Å²) in [5.74, 6) is -1.48. The van der Waals surface area contributed by atoms with E-state index < -0.39 is 27.8 Å². The summed E-state index contributed by atoms with van der Waals surface area (Å²) in [5.41, 5.74) is 5.27. The van der Waals surface area contributed by atoms with Crippen LogP contribution in [0.1, 0.15) is 16.8 Å². The third kappa shape index (κ3) is 4.89. The minimum Gasteiger partial charge on any atom is -0.497 e. The average Bonchev–Trinajstić information content (AvgIpc) is 3.19. The van der Waals surface area contributed by atoms with Gasteiger partial charge in [0.1, 0.15) is 5.75 Å². The van der Waals surface area contributed by atoms with E-state index in [1.807, 2.05) is 0 Å². The van der Waals surface area contributed by atoms with Crippen molar-refractivity contribution in [2.45, 2.75) is 11.3 Å². The number of rotatable bonds is 6. The quantitative estimate of drug-likeness (QED) is 0.613. The Labute approximate surface area is 186 Å². The molecule has 0 spiro atoms.